The number of fused-ring (bicyclic) bond motifs is 1. The van der Waals surface area contributed by atoms with Crippen molar-refractivity contribution in [3.8, 4) is 22.8 Å². The number of aliphatic hydroxyl groups excluding tert-OH is 2. The normalized spacial score (nSPS) is 11.8. The minimum atomic E-state index is -0.634. The average molecular weight is 454 g/mol. The summed E-state index contributed by atoms with van der Waals surface area (Å²) in [6.45, 7) is 0.318. The van der Waals surface area contributed by atoms with Gasteiger partial charge in [0.1, 0.15) is 22.4 Å². The monoisotopic (exact) mass is 454 g/mol. The topological polar surface area (TPSA) is 120 Å². The molecule has 0 spiro atoms. The molecule has 2 N–H and O–H groups in total. The summed E-state index contributed by atoms with van der Waals surface area (Å²) in [5.74, 6) is -0.238. The number of ether oxygens (including phenoxy) is 2. The zero-order chi connectivity index (χ0) is 23.4. The summed E-state index contributed by atoms with van der Waals surface area (Å²) in [5, 5.41) is 23.0. The third-order valence-corrected chi connectivity index (χ3v) is 4.97. The van der Waals surface area contributed by atoms with Crippen LogP contribution in [0.1, 0.15) is 0 Å². The molecule has 0 amide bonds. The average Bonchev–Trinajstić information content (AvgIpc) is 3.30. The molecule has 0 aliphatic carbocycles. The van der Waals surface area contributed by atoms with Gasteiger partial charge in [0, 0.05) is 30.4 Å². The second-order valence-corrected chi connectivity index (χ2v) is 7.02. The van der Waals surface area contributed by atoms with E-state index < -0.39 is 5.82 Å². The van der Waals surface area contributed by atoms with Crippen LogP contribution in [0.3, 0.4) is 0 Å². The molecular formula is C22H23FN6O4. The third-order valence-electron chi connectivity index (χ3n) is 4.97. The van der Waals surface area contributed by atoms with Gasteiger partial charge in [-0.25, -0.2) is 14.4 Å². The quantitative estimate of drug-likeness (QED) is 0.416. The molecule has 0 saturated heterocycles. The molecule has 0 aliphatic rings. The van der Waals surface area contributed by atoms with Crippen LogP contribution in [0.25, 0.3) is 22.4 Å². The van der Waals surface area contributed by atoms with Gasteiger partial charge in [-0.05, 0) is 12.1 Å². The van der Waals surface area contributed by atoms with Gasteiger partial charge in [-0.15, -0.1) is 0 Å². The molecule has 33 heavy (non-hydrogen) atoms. The summed E-state index contributed by atoms with van der Waals surface area (Å²) in [6.07, 6.45) is 5.01. The van der Waals surface area contributed by atoms with Gasteiger partial charge in [-0.3, -0.25) is 9.67 Å². The highest BCUT2D eigenvalue weighted by atomic mass is 19.1. The summed E-state index contributed by atoms with van der Waals surface area (Å²) in [7, 11) is 2.83. The van der Waals surface area contributed by atoms with Gasteiger partial charge < -0.3 is 24.3 Å². The van der Waals surface area contributed by atoms with Crippen molar-refractivity contribution in [3.63, 3.8) is 0 Å². The lowest BCUT2D eigenvalue weighted by atomic mass is 10.2. The minimum Gasteiger partial charge on any atom is -0.497 e. The smallest absolute Gasteiger partial charge is 0.190 e. The Morgan fingerprint density at radius 3 is 2.61 bits per heavy atom. The van der Waals surface area contributed by atoms with Gasteiger partial charge in [0.2, 0.25) is 0 Å². The Morgan fingerprint density at radius 1 is 1.06 bits per heavy atom. The number of hydrogen-bond acceptors (Lipinski definition) is 8. The first-order valence-electron chi connectivity index (χ1n) is 10.1. The number of rotatable bonds is 8. The summed E-state index contributed by atoms with van der Waals surface area (Å²) in [4.78, 5) is 13.6. The fourth-order valence-electron chi connectivity index (χ4n) is 3.36. The van der Waals surface area contributed by atoms with Gasteiger partial charge in [-0.1, -0.05) is 0 Å². The standard InChI is InChI=1S/C22H23FN6O4/c1-32-15-9-17(21(23)19(10-15)33-2)26-20-4-3-16-22(29(20)6-8-31)27-18(12-24-16)14-11-25-28(13-14)5-7-30/h3-4,9-13,30-31H,5-8H2,1-2H3. The number of aliphatic hydroxyl groups is 2. The summed E-state index contributed by atoms with van der Waals surface area (Å²) in [5.41, 5.74) is 2.72. The molecule has 0 fully saturated rings. The van der Waals surface area contributed by atoms with Gasteiger partial charge in [0.15, 0.2) is 17.2 Å². The molecule has 4 aromatic rings. The van der Waals surface area contributed by atoms with Crippen molar-refractivity contribution >= 4 is 16.9 Å². The van der Waals surface area contributed by atoms with E-state index in [1.165, 1.54) is 26.4 Å². The lowest BCUT2D eigenvalue weighted by Crippen LogP contribution is -2.23. The SMILES string of the molecule is COc1cc(N=c2ccc3ncc(-c4cnn(CCO)c4)nc3n2CCO)c(F)c(OC)c1. The lowest BCUT2D eigenvalue weighted by molar-refractivity contribution is 0.269. The molecule has 0 radical (unpaired) electrons. The second-order valence-electron chi connectivity index (χ2n) is 7.02. The number of aromatic nitrogens is 5. The van der Waals surface area contributed by atoms with Gasteiger partial charge in [-0.2, -0.15) is 5.10 Å². The summed E-state index contributed by atoms with van der Waals surface area (Å²) in [6, 6.07) is 6.30. The summed E-state index contributed by atoms with van der Waals surface area (Å²) >= 11 is 0. The molecule has 0 unspecified atom stereocenters. The lowest BCUT2D eigenvalue weighted by Gasteiger charge is -2.11. The van der Waals surface area contributed by atoms with E-state index in [9.17, 15) is 9.50 Å². The van der Waals surface area contributed by atoms with Gasteiger partial charge in [0.05, 0.1) is 52.1 Å². The number of nitrogens with zero attached hydrogens (tertiary/aromatic N) is 6. The van der Waals surface area contributed by atoms with Crippen molar-refractivity contribution in [1.29, 1.82) is 0 Å². The fourth-order valence-corrected chi connectivity index (χ4v) is 3.36. The Balaban J connectivity index is 1.90. The van der Waals surface area contributed by atoms with E-state index in [-0.39, 0.29) is 31.2 Å². The molecular weight excluding hydrogens is 431 g/mol. The third kappa shape index (κ3) is 4.54. The van der Waals surface area contributed by atoms with E-state index >= 15 is 0 Å². The van der Waals surface area contributed by atoms with Crippen molar-refractivity contribution < 1.29 is 24.1 Å². The number of pyridine rings is 1. The van der Waals surface area contributed by atoms with Crippen LogP contribution in [-0.2, 0) is 13.1 Å². The molecule has 1 aromatic carbocycles. The zero-order valence-electron chi connectivity index (χ0n) is 18.1. The van der Waals surface area contributed by atoms with Crippen molar-refractivity contribution in [2.75, 3.05) is 27.4 Å². The van der Waals surface area contributed by atoms with Crippen molar-refractivity contribution in [2.24, 2.45) is 4.99 Å². The Kier molecular flexibility index (Phi) is 6.61. The Labute approximate surface area is 188 Å². The predicted molar refractivity (Wildman–Crippen MR) is 118 cm³/mol. The van der Waals surface area contributed by atoms with E-state index in [0.29, 0.717) is 34.6 Å². The fraction of sp³-hybridized carbons (Fsp3) is 0.273. The highest BCUT2D eigenvalue weighted by Gasteiger charge is 2.13. The van der Waals surface area contributed by atoms with E-state index in [1.54, 1.807) is 40.0 Å². The highest BCUT2D eigenvalue weighted by Crippen LogP contribution is 2.32. The molecule has 4 rings (SSSR count). The maximum atomic E-state index is 14.9. The van der Waals surface area contributed by atoms with Crippen LogP contribution >= 0.6 is 0 Å². The van der Waals surface area contributed by atoms with Crippen LogP contribution in [0.4, 0.5) is 10.1 Å². The van der Waals surface area contributed by atoms with E-state index in [1.807, 2.05) is 0 Å². The minimum absolute atomic E-state index is 0.00423. The highest BCUT2D eigenvalue weighted by molar-refractivity contribution is 5.73. The molecule has 3 aromatic heterocycles. The predicted octanol–water partition coefficient (Wildman–Crippen LogP) is 1.67. The van der Waals surface area contributed by atoms with Crippen molar-refractivity contribution in [1.82, 2.24) is 24.3 Å². The van der Waals surface area contributed by atoms with Crippen molar-refractivity contribution in [3.05, 3.63) is 54.2 Å². The molecule has 0 bridgehead atoms. The number of halogens is 1. The van der Waals surface area contributed by atoms with Crippen LogP contribution in [-0.4, -0.2) is 62.0 Å². The Bertz CT molecular complexity index is 1350. The maximum Gasteiger partial charge on any atom is 0.190 e. The van der Waals surface area contributed by atoms with Crippen LogP contribution < -0.4 is 15.0 Å². The van der Waals surface area contributed by atoms with Gasteiger partial charge in [0.25, 0.3) is 0 Å². The Hall–Kier alpha value is -3.83. The first-order valence-corrected chi connectivity index (χ1v) is 10.1. The maximum absolute atomic E-state index is 14.9. The molecule has 0 atom stereocenters. The molecule has 11 heteroatoms. The first-order chi connectivity index (χ1) is 16.1. The van der Waals surface area contributed by atoms with Crippen LogP contribution in [0.2, 0.25) is 0 Å². The van der Waals surface area contributed by atoms with Crippen LogP contribution in [0.5, 0.6) is 11.5 Å². The number of benzene rings is 1. The van der Waals surface area contributed by atoms with E-state index in [4.69, 9.17) is 19.6 Å². The number of hydrogen-bond donors (Lipinski definition) is 2. The largest absolute Gasteiger partial charge is 0.497 e. The Morgan fingerprint density at radius 2 is 1.88 bits per heavy atom. The zero-order valence-corrected chi connectivity index (χ0v) is 18.1. The first kappa shape index (κ1) is 22.4. The van der Waals surface area contributed by atoms with E-state index in [2.05, 4.69) is 15.1 Å². The molecule has 0 aliphatic heterocycles. The van der Waals surface area contributed by atoms with Crippen LogP contribution in [0, 0.1) is 5.82 Å². The molecule has 10 nitrogen and oxygen atoms in total. The molecule has 0 saturated carbocycles. The van der Waals surface area contributed by atoms with E-state index in [0.717, 1.165) is 5.56 Å². The number of methoxy groups -OCH3 is 2. The molecule has 172 valence electrons. The molecule has 3 heterocycles. The van der Waals surface area contributed by atoms with Crippen molar-refractivity contribution in [2.45, 2.75) is 13.1 Å². The van der Waals surface area contributed by atoms with Crippen LogP contribution in [0.15, 0.2) is 47.8 Å². The second kappa shape index (κ2) is 9.76. The summed E-state index contributed by atoms with van der Waals surface area (Å²) < 4.78 is 28.4. The van der Waals surface area contributed by atoms with Gasteiger partial charge >= 0.3 is 0 Å².